The molecule has 0 spiro atoms. The van der Waals surface area contributed by atoms with Gasteiger partial charge in [-0.3, -0.25) is 4.90 Å². The Morgan fingerprint density at radius 2 is 2.00 bits per heavy atom. The van der Waals surface area contributed by atoms with E-state index in [4.69, 9.17) is 5.11 Å². The van der Waals surface area contributed by atoms with Gasteiger partial charge in [0.1, 0.15) is 6.23 Å². The van der Waals surface area contributed by atoms with E-state index in [0.717, 1.165) is 13.1 Å². The summed E-state index contributed by atoms with van der Waals surface area (Å²) in [7, 11) is 0. The minimum atomic E-state index is -0.185. The summed E-state index contributed by atoms with van der Waals surface area (Å²) in [5.74, 6) is 0. The lowest BCUT2D eigenvalue weighted by Gasteiger charge is -1.99. The number of aliphatic hydroxyl groups is 1. The number of nitrogens with zero attached hydrogens (tertiary/aromatic N) is 1. The molecule has 2 rings (SSSR count). The first-order chi connectivity index (χ1) is 5.36. The Morgan fingerprint density at radius 3 is 2.55 bits per heavy atom. The van der Waals surface area contributed by atoms with Crippen molar-refractivity contribution in [2.45, 2.75) is 12.8 Å². The molecule has 1 saturated heterocycles. The fourth-order valence-corrected chi connectivity index (χ4v) is 1.15. The smallest absolute Gasteiger partial charge is 0.120 e. The van der Waals surface area contributed by atoms with Crippen LogP contribution in [0, 0.1) is 0 Å². The lowest BCUT2D eigenvalue weighted by molar-refractivity contribution is 0.207. The maximum Gasteiger partial charge on any atom is 0.120 e. The van der Waals surface area contributed by atoms with Gasteiger partial charge in [-0.2, -0.15) is 0 Å². The Bertz CT molecular complexity index is 235. The second kappa shape index (κ2) is 2.64. The Hall–Kier alpha value is -0.860. The Balaban J connectivity index is 1.97. The average Bonchev–Trinajstić information content (AvgIpc) is 2.69. The topological polar surface area (TPSA) is 23.2 Å². The standard InChI is InChI=1S/C9H11NO/c11-9-7-10(9)6-8-4-2-1-3-5-8/h1-5,9,11H,6-7H2. The molecule has 1 heterocycles. The van der Waals surface area contributed by atoms with Crippen LogP contribution in [0.4, 0.5) is 0 Å². The minimum absolute atomic E-state index is 0.185. The van der Waals surface area contributed by atoms with E-state index in [0.29, 0.717) is 0 Å². The lowest BCUT2D eigenvalue weighted by Crippen LogP contribution is -2.00. The third kappa shape index (κ3) is 1.59. The zero-order valence-electron chi connectivity index (χ0n) is 6.27. The molecule has 0 saturated carbocycles. The fourth-order valence-electron chi connectivity index (χ4n) is 1.15. The van der Waals surface area contributed by atoms with Gasteiger partial charge in [0.2, 0.25) is 0 Å². The molecule has 11 heavy (non-hydrogen) atoms. The number of benzene rings is 1. The second-order valence-electron chi connectivity index (χ2n) is 2.90. The van der Waals surface area contributed by atoms with Crippen molar-refractivity contribution in [3.8, 4) is 0 Å². The van der Waals surface area contributed by atoms with E-state index in [1.165, 1.54) is 5.56 Å². The maximum absolute atomic E-state index is 9.01. The van der Waals surface area contributed by atoms with Gasteiger partial charge in [0.25, 0.3) is 0 Å². The van der Waals surface area contributed by atoms with Crippen LogP contribution in [-0.4, -0.2) is 22.8 Å². The highest BCUT2D eigenvalue weighted by atomic mass is 16.3. The highest BCUT2D eigenvalue weighted by molar-refractivity contribution is 5.15. The summed E-state index contributed by atoms with van der Waals surface area (Å²) in [4.78, 5) is 2.01. The predicted octanol–water partition coefficient (Wildman–Crippen LogP) is 0.821. The molecule has 2 atom stereocenters. The zero-order chi connectivity index (χ0) is 7.68. The number of aliphatic hydroxyl groups excluding tert-OH is 1. The summed E-state index contributed by atoms with van der Waals surface area (Å²) < 4.78 is 0. The van der Waals surface area contributed by atoms with E-state index in [-0.39, 0.29) is 6.23 Å². The van der Waals surface area contributed by atoms with Crippen molar-refractivity contribution in [1.82, 2.24) is 4.90 Å². The van der Waals surface area contributed by atoms with Crippen molar-refractivity contribution < 1.29 is 5.11 Å². The summed E-state index contributed by atoms with van der Waals surface area (Å²) >= 11 is 0. The number of rotatable bonds is 2. The molecule has 58 valence electrons. The van der Waals surface area contributed by atoms with Gasteiger partial charge >= 0.3 is 0 Å². The predicted molar refractivity (Wildman–Crippen MR) is 42.9 cm³/mol. The quantitative estimate of drug-likeness (QED) is 0.629. The van der Waals surface area contributed by atoms with Crippen LogP contribution in [0.15, 0.2) is 30.3 Å². The van der Waals surface area contributed by atoms with Gasteiger partial charge in [0.15, 0.2) is 0 Å². The molecule has 0 aliphatic carbocycles. The Labute approximate surface area is 66.1 Å². The number of hydrogen-bond donors (Lipinski definition) is 1. The summed E-state index contributed by atoms with van der Waals surface area (Å²) in [6, 6.07) is 10.2. The first-order valence-corrected chi connectivity index (χ1v) is 3.82. The van der Waals surface area contributed by atoms with Gasteiger partial charge in [0.05, 0.1) is 0 Å². The number of hydrogen-bond acceptors (Lipinski definition) is 2. The molecule has 0 aromatic heterocycles. The van der Waals surface area contributed by atoms with Crippen LogP contribution in [-0.2, 0) is 6.54 Å². The molecule has 2 nitrogen and oxygen atoms in total. The van der Waals surface area contributed by atoms with Gasteiger partial charge in [0, 0.05) is 13.1 Å². The molecule has 0 radical (unpaired) electrons. The highest BCUT2D eigenvalue weighted by Gasteiger charge is 2.30. The van der Waals surface area contributed by atoms with Crippen molar-refractivity contribution in [2.75, 3.05) is 6.54 Å². The summed E-state index contributed by atoms with van der Waals surface area (Å²) in [5.41, 5.74) is 1.27. The molecule has 1 aromatic carbocycles. The van der Waals surface area contributed by atoms with E-state index >= 15 is 0 Å². The number of β-amino-alcohol motifs (C(OH)–C–C–N with tert-alkyl or cyclic N) is 1. The molecule has 1 fully saturated rings. The molecular weight excluding hydrogens is 138 g/mol. The Kier molecular flexibility index (Phi) is 1.64. The zero-order valence-corrected chi connectivity index (χ0v) is 6.27. The molecule has 2 unspecified atom stereocenters. The molecule has 1 N–H and O–H groups in total. The molecule has 0 amide bonds. The molecule has 2 heteroatoms. The SMILES string of the molecule is OC1CN1Cc1ccccc1. The van der Waals surface area contributed by atoms with Gasteiger partial charge in [-0.05, 0) is 5.56 Å². The summed E-state index contributed by atoms with van der Waals surface area (Å²) in [6.45, 7) is 1.71. The van der Waals surface area contributed by atoms with Crippen molar-refractivity contribution >= 4 is 0 Å². The monoisotopic (exact) mass is 149 g/mol. The van der Waals surface area contributed by atoms with Crippen LogP contribution in [0.25, 0.3) is 0 Å². The van der Waals surface area contributed by atoms with Gasteiger partial charge in [-0.15, -0.1) is 0 Å². The van der Waals surface area contributed by atoms with E-state index in [1.807, 2.05) is 23.1 Å². The van der Waals surface area contributed by atoms with Crippen molar-refractivity contribution in [1.29, 1.82) is 0 Å². The fraction of sp³-hybridized carbons (Fsp3) is 0.333. The largest absolute Gasteiger partial charge is 0.377 e. The average molecular weight is 149 g/mol. The summed E-state index contributed by atoms with van der Waals surface area (Å²) in [6.07, 6.45) is -0.185. The molecular formula is C9H11NO. The van der Waals surface area contributed by atoms with Crippen molar-refractivity contribution in [3.63, 3.8) is 0 Å². The van der Waals surface area contributed by atoms with Crippen LogP contribution < -0.4 is 0 Å². The van der Waals surface area contributed by atoms with E-state index in [2.05, 4.69) is 12.1 Å². The first kappa shape index (κ1) is 6.83. The maximum atomic E-state index is 9.01. The lowest BCUT2D eigenvalue weighted by atomic mass is 10.2. The summed E-state index contributed by atoms with van der Waals surface area (Å²) in [5, 5.41) is 9.01. The van der Waals surface area contributed by atoms with Crippen molar-refractivity contribution in [3.05, 3.63) is 35.9 Å². The molecule has 0 bridgehead atoms. The highest BCUT2D eigenvalue weighted by Crippen LogP contribution is 2.17. The molecule has 1 aliphatic rings. The molecule has 1 aromatic rings. The molecule has 1 aliphatic heterocycles. The third-order valence-electron chi connectivity index (χ3n) is 1.91. The third-order valence-corrected chi connectivity index (χ3v) is 1.91. The van der Waals surface area contributed by atoms with Crippen LogP contribution >= 0.6 is 0 Å². The van der Waals surface area contributed by atoms with Crippen LogP contribution in [0.3, 0.4) is 0 Å². The normalized spacial score (nSPS) is 28.5. The van der Waals surface area contributed by atoms with Crippen molar-refractivity contribution in [2.24, 2.45) is 0 Å². The van der Waals surface area contributed by atoms with E-state index in [9.17, 15) is 0 Å². The Morgan fingerprint density at radius 1 is 1.36 bits per heavy atom. The first-order valence-electron chi connectivity index (χ1n) is 3.82. The second-order valence-corrected chi connectivity index (χ2v) is 2.90. The minimum Gasteiger partial charge on any atom is -0.377 e. The van der Waals surface area contributed by atoms with E-state index in [1.54, 1.807) is 0 Å². The van der Waals surface area contributed by atoms with Gasteiger partial charge < -0.3 is 5.11 Å². The van der Waals surface area contributed by atoms with Crippen LogP contribution in [0.1, 0.15) is 5.56 Å². The van der Waals surface area contributed by atoms with Gasteiger partial charge in [-0.25, -0.2) is 0 Å². The van der Waals surface area contributed by atoms with E-state index < -0.39 is 0 Å². The van der Waals surface area contributed by atoms with Gasteiger partial charge in [-0.1, -0.05) is 30.3 Å². The van der Waals surface area contributed by atoms with Crippen LogP contribution in [0.5, 0.6) is 0 Å². The van der Waals surface area contributed by atoms with Crippen LogP contribution in [0.2, 0.25) is 0 Å².